The first kappa shape index (κ1) is 54.2. The van der Waals surface area contributed by atoms with Gasteiger partial charge in [-0.1, -0.05) is 94.7 Å². The number of rotatable bonds is 4. The molecule has 4 heterocycles. The smallest absolute Gasteiger partial charge is 0.274 e. The van der Waals surface area contributed by atoms with E-state index in [1.54, 1.807) is 48.5 Å². The number of nitrogens with one attached hydrogen (secondary N) is 4. The Bertz CT molecular complexity index is 2730. The second kappa shape index (κ2) is 23.8. The van der Waals surface area contributed by atoms with Crippen LogP contribution in [0, 0.1) is 0 Å². The van der Waals surface area contributed by atoms with E-state index in [9.17, 15) is 58.2 Å². The van der Waals surface area contributed by atoms with Crippen molar-refractivity contribution in [2.24, 2.45) is 0 Å². The van der Waals surface area contributed by atoms with Crippen molar-refractivity contribution < 1.29 is 58.2 Å². The summed E-state index contributed by atoms with van der Waals surface area (Å²) in [6.45, 7) is 6.10. The predicted octanol–water partition coefficient (Wildman–Crippen LogP) is 0.850. The molecule has 2 aromatic heterocycles. The summed E-state index contributed by atoms with van der Waals surface area (Å²) in [6.07, 6.45) is 0. The average Bonchev–Trinajstić information content (AvgIpc) is 3.37. The molecule has 72 heavy (non-hydrogen) atoms. The molecule has 22 nitrogen and oxygen atoms in total. The molecule has 378 valence electrons. The van der Waals surface area contributed by atoms with Gasteiger partial charge in [-0.3, -0.25) is 47.9 Å². The molecule has 0 radical (unpaired) electrons. The summed E-state index contributed by atoms with van der Waals surface area (Å²) in [7, 11) is 7.06. The van der Waals surface area contributed by atoms with E-state index in [-0.39, 0.29) is 22.9 Å². The first-order valence-electron chi connectivity index (χ1n) is 21.6. The fourth-order valence-corrected chi connectivity index (χ4v) is 11.2. The molecule has 4 atom stereocenters. The van der Waals surface area contributed by atoms with Crippen molar-refractivity contribution in [1.29, 1.82) is 0 Å². The minimum atomic E-state index is -1.58. The Morgan fingerprint density at radius 2 is 0.958 bits per heavy atom. The Labute approximate surface area is 427 Å². The summed E-state index contributed by atoms with van der Waals surface area (Å²) < 4.78 is 0. The lowest BCUT2D eigenvalue weighted by atomic mass is 10.1. The molecule has 0 spiro atoms. The highest BCUT2D eigenvalue weighted by molar-refractivity contribution is 8.76. The lowest BCUT2D eigenvalue weighted by Crippen LogP contribution is -2.55. The molecule has 0 aliphatic carbocycles. The fourth-order valence-electron chi connectivity index (χ4n) is 6.93. The van der Waals surface area contributed by atoms with Gasteiger partial charge in [0.25, 0.3) is 23.6 Å². The van der Waals surface area contributed by atoms with Crippen molar-refractivity contribution in [3.05, 3.63) is 96.6 Å². The minimum Gasteiger partial charge on any atom is -0.505 e. The summed E-state index contributed by atoms with van der Waals surface area (Å²) in [6, 6.07) is 9.97. The van der Waals surface area contributed by atoms with Crippen LogP contribution in [0.15, 0.2) is 85.2 Å². The Morgan fingerprint density at radius 1 is 0.597 bits per heavy atom. The molecular weight excluding hydrogens is 1010 g/mol. The molecule has 4 aromatic rings. The van der Waals surface area contributed by atoms with Gasteiger partial charge in [0.2, 0.25) is 33.9 Å². The molecule has 0 unspecified atom stereocenters. The van der Waals surface area contributed by atoms with Gasteiger partial charge in [0.1, 0.15) is 35.7 Å². The SMILES string of the molecule is C=C1C(=O)SC[C@@H](NC(=O)c2nc3ccccc3cc2O)C(=O)NCC(=O)N(C)[C@H]2CSSC[C@@H](C(=O)N1C)N(C)C(=O)CNC(=O)[C@@H](NC(=O)c1nc3ccccc3cc1O)CSC(=O)C(=C)N(C)C2=O. The zero-order chi connectivity index (χ0) is 52.6. The topological polar surface area (TPSA) is 298 Å². The summed E-state index contributed by atoms with van der Waals surface area (Å²) in [5, 5.41) is 30.6. The molecule has 2 aliphatic rings. The second-order valence-electron chi connectivity index (χ2n) is 16.1. The van der Waals surface area contributed by atoms with E-state index < -0.39 is 129 Å². The number of hydrogen-bond donors (Lipinski definition) is 6. The van der Waals surface area contributed by atoms with Crippen molar-refractivity contribution in [3.8, 4) is 11.5 Å². The lowest BCUT2D eigenvalue weighted by molar-refractivity contribution is -0.142. The maximum absolute atomic E-state index is 14.3. The number of thioether (sulfide) groups is 2. The number of amides is 8. The van der Waals surface area contributed by atoms with Crippen LogP contribution in [-0.2, 0) is 38.4 Å². The monoisotopic (exact) mass is 1060 g/mol. The zero-order valence-electron chi connectivity index (χ0n) is 39.0. The molecule has 8 amide bonds. The molecule has 2 fully saturated rings. The van der Waals surface area contributed by atoms with Crippen molar-refractivity contribution in [1.82, 2.24) is 50.8 Å². The van der Waals surface area contributed by atoms with Crippen LogP contribution < -0.4 is 21.3 Å². The molecule has 2 bridgehead atoms. The molecule has 2 aliphatic heterocycles. The van der Waals surface area contributed by atoms with Gasteiger partial charge in [-0.2, -0.15) is 0 Å². The third-order valence-electron chi connectivity index (χ3n) is 11.4. The van der Waals surface area contributed by atoms with Crippen LogP contribution in [-0.4, -0.2) is 186 Å². The number of aromatic nitrogens is 2. The van der Waals surface area contributed by atoms with Gasteiger partial charge in [0.15, 0.2) is 11.4 Å². The molecular formula is C46H48N10O12S4. The van der Waals surface area contributed by atoms with Crippen molar-refractivity contribution in [2.45, 2.75) is 24.2 Å². The van der Waals surface area contributed by atoms with E-state index in [1.165, 1.54) is 40.3 Å². The van der Waals surface area contributed by atoms with E-state index in [0.29, 0.717) is 45.3 Å². The number of carbonyl (C=O) groups is 10. The minimum absolute atomic E-state index is 0.185. The van der Waals surface area contributed by atoms with Crippen molar-refractivity contribution in [3.63, 3.8) is 0 Å². The maximum Gasteiger partial charge on any atom is 0.274 e. The highest BCUT2D eigenvalue weighted by Crippen LogP contribution is 2.29. The highest BCUT2D eigenvalue weighted by atomic mass is 33.1. The molecule has 6 rings (SSSR count). The van der Waals surface area contributed by atoms with Gasteiger partial charge in [-0.15, -0.1) is 0 Å². The molecule has 2 saturated heterocycles. The van der Waals surface area contributed by atoms with E-state index >= 15 is 0 Å². The van der Waals surface area contributed by atoms with Gasteiger partial charge in [0, 0.05) is 62.0 Å². The Kier molecular flexibility index (Phi) is 17.9. The van der Waals surface area contributed by atoms with Gasteiger partial charge < -0.3 is 51.1 Å². The Balaban J connectivity index is 1.31. The number of likely N-dealkylation sites (N-methyl/N-ethyl adjacent to an activating group) is 4. The van der Waals surface area contributed by atoms with Crippen LogP contribution in [0.3, 0.4) is 0 Å². The van der Waals surface area contributed by atoms with Crippen LogP contribution in [0.5, 0.6) is 11.5 Å². The normalized spacial score (nSPS) is 21.4. The first-order chi connectivity index (χ1) is 34.2. The number of fused-ring (bicyclic) bond motifs is 7. The van der Waals surface area contributed by atoms with Gasteiger partial charge in [0.05, 0.1) is 35.5 Å². The predicted molar refractivity (Wildman–Crippen MR) is 272 cm³/mol. The second-order valence-corrected chi connectivity index (χ2v) is 20.6. The van der Waals surface area contributed by atoms with Crippen LogP contribution in [0.4, 0.5) is 0 Å². The fraction of sp³-hybridized carbons (Fsp3) is 0.304. The van der Waals surface area contributed by atoms with Gasteiger partial charge in [-0.05, 0) is 24.3 Å². The number of pyridine rings is 2. The molecule has 0 saturated carbocycles. The summed E-state index contributed by atoms with van der Waals surface area (Å²) in [5.41, 5.74) is -0.971. The van der Waals surface area contributed by atoms with Gasteiger partial charge in [-0.25, -0.2) is 9.97 Å². The number of aromatic hydroxyl groups is 2. The van der Waals surface area contributed by atoms with Gasteiger partial charge >= 0.3 is 0 Å². The quantitative estimate of drug-likeness (QED) is 0.122. The molecule has 2 aromatic carbocycles. The third kappa shape index (κ3) is 12.6. The summed E-state index contributed by atoms with van der Waals surface area (Å²) in [5.74, 6) is -9.60. The standard InChI is InChI=1S/C46H48N10O12S4/c1-23-45(67)69-19-29(51-41(63)37-33(57)15-25-11-7-9-13-27(25)49-37)39(61)47-18-36(60)56(6)32-22-72-71-21-31(43(65)53(23)3)55(5)35(59)17-48-40(62)30(20-70-46(68)24(2)54(4)44(32)66)52-42(64)38-34(58)16-26-12-8-10-14-28(26)50-38/h7-16,29-32,57-58H,1-2,17-22H2,3-6H3,(H,47,61)(H,48,62)(H,51,63)(H,52,64)/t29-,30+,31-,32-/m0/s1. The van der Waals surface area contributed by atoms with Crippen molar-refractivity contribution in [2.75, 3.05) is 64.3 Å². The lowest BCUT2D eigenvalue weighted by Gasteiger charge is -2.33. The van der Waals surface area contributed by atoms with E-state index in [1.807, 2.05) is 0 Å². The zero-order valence-corrected chi connectivity index (χ0v) is 42.3. The maximum atomic E-state index is 14.3. The van der Waals surface area contributed by atoms with E-state index in [2.05, 4.69) is 44.4 Å². The van der Waals surface area contributed by atoms with Crippen LogP contribution in [0.1, 0.15) is 21.0 Å². The first-order valence-corrected chi connectivity index (χ1v) is 26.0. The summed E-state index contributed by atoms with van der Waals surface area (Å²) >= 11 is 0.967. The average molecular weight is 1060 g/mol. The largest absolute Gasteiger partial charge is 0.505 e. The van der Waals surface area contributed by atoms with E-state index in [0.717, 1.165) is 41.2 Å². The number of para-hydroxylation sites is 2. The van der Waals surface area contributed by atoms with E-state index in [4.69, 9.17) is 0 Å². The number of nitrogens with zero attached hydrogens (tertiary/aromatic N) is 6. The van der Waals surface area contributed by atoms with Crippen molar-refractivity contribution >= 4 is 124 Å². The summed E-state index contributed by atoms with van der Waals surface area (Å²) in [4.78, 5) is 151. The number of hydrogen-bond acceptors (Lipinski definition) is 18. The Morgan fingerprint density at radius 3 is 1.33 bits per heavy atom. The van der Waals surface area contributed by atoms with Crippen LogP contribution in [0.2, 0.25) is 0 Å². The van der Waals surface area contributed by atoms with Crippen LogP contribution in [0.25, 0.3) is 21.8 Å². The molecule has 6 N–H and O–H groups in total. The van der Waals surface area contributed by atoms with Crippen LogP contribution >= 0.6 is 45.1 Å². The molecule has 26 heteroatoms. The number of benzene rings is 2. The number of carbonyl (C=O) groups excluding carboxylic acids is 10. The highest BCUT2D eigenvalue weighted by Gasteiger charge is 2.37. The Hall–Kier alpha value is -7.16. The third-order valence-corrected chi connectivity index (χ3v) is 15.8.